The van der Waals surface area contributed by atoms with Crippen LogP contribution < -0.4 is 9.47 Å². The molecule has 1 fully saturated rings. The van der Waals surface area contributed by atoms with E-state index >= 15 is 0 Å². The largest absolute Gasteiger partial charge is 0.480 e. The average molecular weight is 340 g/mol. The van der Waals surface area contributed by atoms with Crippen molar-refractivity contribution >= 4 is 5.97 Å². The lowest BCUT2D eigenvalue weighted by Crippen LogP contribution is -2.39. The average Bonchev–Trinajstić information content (AvgIpc) is 3.25. The zero-order valence-electron chi connectivity index (χ0n) is 14.0. The molecule has 0 spiro atoms. The van der Waals surface area contributed by atoms with Crippen molar-refractivity contribution in [2.24, 2.45) is 0 Å². The summed E-state index contributed by atoms with van der Waals surface area (Å²) in [4.78, 5) is 18.4. The second kappa shape index (κ2) is 6.37. The Labute approximate surface area is 146 Å². The molecule has 1 aromatic heterocycles. The van der Waals surface area contributed by atoms with E-state index in [1.165, 1.54) is 0 Å². The standard InChI is InChI=1S/C19H20N2O4/c1-12-4-2-8-20-17(12)18(21-9-3-5-14(21)19(22)23)13-6-7-15-16(10-13)25-11-24-15/h2,4,6-8,10,14,18H,3,5,9,11H2,1H3,(H,22,23). The van der Waals surface area contributed by atoms with Crippen LogP contribution in [0.4, 0.5) is 0 Å². The smallest absolute Gasteiger partial charge is 0.320 e. The van der Waals surface area contributed by atoms with E-state index in [1.54, 1.807) is 6.20 Å². The van der Waals surface area contributed by atoms with E-state index in [-0.39, 0.29) is 12.8 Å². The summed E-state index contributed by atoms with van der Waals surface area (Å²) in [6, 6.07) is 8.98. The summed E-state index contributed by atoms with van der Waals surface area (Å²) < 4.78 is 10.9. The van der Waals surface area contributed by atoms with Gasteiger partial charge in [0.2, 0.25) is 6.79 Å². The number of carbonyl (C=O) groups is 1. The third-order valence-corrected chi connectivity index (χ3v) is 4.93. The first-order chi connectivity index (χ1) is 12.1. The first-order valence-corrected chi connectivity index (χ1v) is 8.45. The number of hydrogen-bond acceptors (Lipinski definition) is 5. The van der Waals surface area contributed by atoms with Gasteiger partial charge in [-0.25, -0.2) is 0 Å². The van der Waals surface area contributed by atoms with Gasteiger partial charge in [-0.05, 0) is 49.1 Å². The van der Waals surface area contributed by atoms with Gasteiger partial charge in [0.15, 0.2) is 11.5 Å². The van der Waals surface area contributed by atoms with E-state index in [9.17, 15) is 9.90 Å². The van der Waals surface area contributed by atoms with Gasteiger partial charge in [0.25, 0.3) is 0 Å². The van der Waals surface area contributed by atoms with Gasteiger partial charge in [-0.1, -0.05) is 12.1 Å². The Morgan fingerprint density at radius 3 is 2.96 bits per heavy atom. The maximum Gasteiger partial charge on any atom is 0.320 e. The molecule has 2 aliphatic heterocycles. The summed E-state index contributed by atoms with van der Waals surface area (Å²) in [5.41, 5.74) is 2.90. The molecule has 0 bridgehead atoms. The van der Waals surface area contributed by atoms with Gasteiger partial charge in [-0.3, -0.25) is 14.7 Å². The number of fused-ring (bicyclic) bond motifs is 1. The minimum atomic E-state index is -0.781. The number of carboxylic acid groups (broad SMARTS) is 1. The number of pyridine rings is 1. The van der Waals surface area contributed by atoms with Crippen LogP contribution in [0.2, 0.25) is 0 Å². The van der Waals surface area contributed by atoms with Gasteiger partial charge in [0.05, 0.1) is 11.7 Å². The molecule has 0 radical (unpaired) electrons. The van der Waals surface area contributed by atoms with Crippen LogP contribution in [0.25, 0.3) is 0 Å². The number of carboxylic acids is 1. The molecule has 2 aromatic rings. The van der Waals surface area contributed by atoms with E-state index in [2.05, 4.69) is 4.98 Å². The molecule has 2 atom stereocenters. The van der Waals surface area contributed by atoms with Crippen molar-refractivity contribution in [3.63, 3.8) is 0 Å². The summed E-state index contributed by atoms with van der Waals surface area (Å²) in [7, 11) is 0. The summed E-state index contributed by atoms with van der Waals surface area (Å²) in [6.45, 7) is 2.95. The van der Waals surface area contributed by atoms with Gasteiger partial charge in [-0.2, -0.15) is 0 Å². The summed E-state index contributed by atoms with van der Waals surface area (Å²) in [6.07, 6.45) is 3.28. The van der Waals surface area contributed by atoms with Crippen LogP contribution in [0.15, 0.2) is 36.5 Å². The Balaban J connectivity index is 1.82. The normalized spacial score (nSPS) is 20.6. The van der Waals surface area contributed by atoms with E-state index in [1.807, 2.05) is 42.2 Å². The van der Waals surface area contributed by atoms with Crippen LogP contribution >= 0.6 is 0 Å². The van der Waals surface area contributed by atoms with Crippen molar-refractivity contribution < 1.29 is 19.4 Å². The molecule has 2 unspecified atom stereocenters. The molecule has 4 rings (SSSR count). The van der Waals surface area contributed by atoms with Gasteiger partial charge in [0, 0.05) is 12.7 Å². The van der Waals surface area contributed by atoms with Crippen molar-refractivity contribution in [1.82, 2.24) is 9.88 Å². The molecular weight excluding hydrogens is 320 g/mol. The van der Waals surface area contributed by atoms with Gasteiger partial charge in [0.1, 0.15) is 6.04 Å². The Bertz CT molecular complexity index is 808. The molecule has 6 heteroatoms. The zero-order valence-corrected chi connectivity index (χ0v) is 14.0. The Morgan fingerprint density at radius 2 is 2.16 bits per heavy atom. The van der Waals surface area contributed by atoms with Crippen LogP contribution in [0.1, 0.15) is 35.7 Å². The highest BCUT2D eigenvalue weighted by Crippen LogP contribution is 2.40. The quantitative estimate of drug-likeness (QED) is 0.923. The summed E-state index contributed by atoms with van der Waals surface area (Å²) >= 11 is 0. The molecule has 2 aliphatic rings. The van der Waals surface area contributed by atoms with Crippen LogP contribution in [0, 0.1) is 6.92 Å². The summed E-state index contributed by atoms with van der Waals surface area (Å²) in [5, 5.41) is 9.64. The summed E-state index contributed by atoms with van der Waals surface area (Å²) in [5.74, 6) is 0.635. The maximum atomic E-state index is 11.7. The van der Waals surface area contributed by atoms with Crippen molar-refractivity contribution in [3.8, 4) is 11.5 Å². The molecular formula is C19H20N2O4. The number of benzene rings is 1. The number of likely N-dealkylation sites (tertiary alicyclic amines) is 1. The van der Waals surface area contributed by atoms with Crippen LogP contribution in [-0.4, -0.2) is 40.3 Å². The number of aromatic nitrogens is 1. The SMILES string of the molecule is Cc1cccnc1C(c1ccc2c(c1)OCO2)N1CCCC1C(=O)O. The second-order valence-corrected chi connectivity index (χ2v) is 6.45. The van der Waals surface area contributed by atoms with E-state index < -0.39 is 12.0 Å². The van der Waals surface area contributed by atoms with Crippen molar-refractivity contribution in [3.05, 3.63) is 53.3 Å². The number of aliphatic carboxylic acids is 1. The predicted molar refractivity (Wildman–Crippen MR) is 90.7 cm³/mol. The first-order valence-electron chi connectivity index (χ1n) is 8.45. The van der Waals surface area contributed by atoms with Crippen molar-refractivity contribution in [2.75, 3.05) is 13.3 Å². The maximum absolute atomic E-state index is 11.7. The Morgan fingerprint density at radius 1 is 1.32 bits per heavy atom. The fourth-order valence-corrected chi connectivity index (χ4v) is 3.74. The molecule has 25 heavy (non-hydrogen) atoms. The highest BCUT2D eigenvalue weighted by molar-refractivity contribution is 5.74. The molecule has 1 aromatic carbocycles. The molecule has 3 heterocycles. The lowest BCUT2D eigenvalue weighted by atomic mass is 9.97. The molecule has 0 saturated carbocycles. The molecule has 6 nitrogen and oxygen atoms in total. The highest BCUT2D eigenvalue weighted by Gasteiger charge is 2.38. The van der Waals surface area contributed by atoms with Crippen molar-refractivity contribution in [2.45, 2.75) is 31.8 Å². The number of rotatable bonds is 4. The highest BCUT2D eigenvalue weighted by atomic mass is 16.7. The first kappa shape index (κ1) is 15.9. The number of nitrogens with zero attached hydrogens (tertiary/aromatic N) is 2. The molecule has 0 amide bonds. The van der Waals surface area contributed by atoms with Gasteiger partial charge in [-0.15, -0.1) is 0 Å². The Hall–Kier alpha value is -2.60. The fraction of sp³-hybridized carbons (Fsp3) is 0.368. The third-order valence-electron chi connectivity index (χ3n) is 4.93. The Kier molecular flexibility index (Phi) is 4.05. The molecule has 1 N–H and O–H groups in total. The van der Waals surface area contributed by atoms with Crippen molar-refractivity contribution in [1.29, 1.82) is 0 Å². The van der Waals surface area contributed by atoms with Crippen LogP contribution in [0.5, 0.6) is 11.5 Å². The minimum absolute atomic E-state index is 0.216. The second-order valence-electron chi connectivity index (χ2n) is 6.45. The number of hydrogen-bond donors (Lipinski definition) is 1. The molecule has 0 aliphatic carbocycles. The lowest BCUT2D eigenvalue weighted by Gasteiger charge is -2.32. The van der Waals surface area contributed by atoms with Gasteiger partial charge >= 0.3 is 5.97 Å². The monoisotopic (exact) mass is 340 g/mol. The predicted octanol–water partition coefficient (Wildman–Crippen LogP) is 2.76. The third kappa shape index (κ3) is 2.82. The van der Waals surface area contributed by atoms with E-state index in [4.69, 9.17) is 9.47 Å². The molecule has 130 valence electrons. The van der Waals surface area contributed by atoms with E-state index in [0.29, 0.717) is 12.2 Å². The zero-order chi connectivity index (χ0) is 17.4. The number of aryl methyl sites for hydroxylation is 1. The van der Waals surface area contributed by atoms with Crippen LogP contribution in [-0.2, 0) is 4.79 Å². The molecule has 1 saturated heterocycles. The van der Waals surface area contributed by atoms with Crippen LogP contribution in [0.3, 0.4) is 0 Å². The fourth-order valence-electron chi connectivity index (χ4n) is 3.74. The minimum Gasteiger partial charge on any atom is -0.480 e. The lowest BCUT2D eigenvalue weighted by molar-refractivity contribution is -0.142. The number of ether oxygens (including phenoxy) is 2. The van der Waals surface area contributed by atoms with Gasteiger partial charge < -0.3 is 14.6 Å². The topological polar surface area (TPSA) is 71.9 Å². The van der Waals surface area contributed by atoms with E-state index in [0.717, 1.165) is 35.5 Å².